The number of nitrogens with one attached hydrogen (secondary N) is 1. The van der Waals surface area contributed by atoms with E-state index in [1.165, 1.54) is 4.88 Å². The van der Waals surface area contributed by atoms with Gasteiger partial charge in [0.05, 0.1) is 6.54 Å². The van der Waals surface area contributed by atoms with Gasteiger partial charge in [0.25, 0.3) is 0 Å². The van der Waals surface area contributed by atoms with Gasteiger partial charge < -0.3 is 14.8 Å². The number of guanidine groups is 1. The van der Waals surface area contributed by atoms with Crippen molar-refractivity contribution in [2.45, 2.75) is 33.2 Å². The van der Waals surface area contributed by atoms with Crippen molar-refractivity contribution < 1.29 is 0 Å². The number of thiophene rings is 1. The summed E-state index contributed by atoms with van der Waals surface area (Å²) in [6, 6.07) is 4.28. The molecule has 24 heavy (non-hydrogen) atoms. The number of hydrogen-bond acceptors (Lipinski definition) is 4. The second-order valence-electron chi connectivity index (χ2n) is 5.28. The molecule has 0 fully saturated rings. The summed E-state index contributed by atoms with van der Waals surface area (Å²) in [6.45, 7) is 7.54. The highest BCUT2D eigenvalue weighted by atomic mass is 127. The smallest absolute Gasteiger partial charge is 0.193 e. The number of nitrogens with zero attached hydrogens (tertiary/aromatic N) is 5. The van der Waals surface area contributed by atoms with E-state index >= 15 is 0 Å². The Kier molecular flexibility index (Phi) is 9.92. The van der Waals surface area contributed by atoms with Gasteiger partial charge in [-0.2, -0.15) is 0 Å². The summed E-state index contributed by atoms with van der Waals surface area (Å²) in [4.78, 5) is 8.32. The lowest BCUT2D eigenvalue weighted by Gasteiger charge is -2.21. The van der Waals surface area contributed by atoms with Crippen LogP contribution in [0.25, 0.3) is 0 Å². The standard InChI is InChI=1S/C16H26N6S.HI/c1-4-15-20-19-13-22(15)11-9-18-16(17-5-2)21(3)10-8-14-7-6-12-23-14;/h6-7,12-13H,4-5,8-11H2,1-3H3,(H,17,18);1H. The third kappa shape index (κ3) is 6.39. The minimum Gasteiger partial charge on any atom is -0.357 e. The molecule has 0 amide bonds. The molecule has 8 heteroatoms. The maximum Gasteiger partial charge on any atom is 0.193 e. The molecule has 0 atom stereocenters. The lowest BCUT2D eigenvalue weighted by atomic mass is 10.3. The molecular weight excluding hydrogens is 435 g/mol. The first-order chi connectivity index (χ1) is 11.2. The van der Waals surface area contributed by atoms with E-state index < -0.39 is 0 Å². The first-order valence-electron chi connectivity index (χ1n) is 8.13. The van der Waals surface area contributed by atoms with Gasteiger partial charge in [0.15, 0.2) is 5.96 Å². The molecule has 2 aromatic heterocycles. The molecule has 6 nitrogen and oxygen atoms in total. The number of aliphatic imine (C=N–C) groups is 1. The van der Waals surface area contributed by atoms with E-state index in [0.717, 1.165) is 50.8 Å². The van der Waals surface area contributed by atoms with Crippen LogP contribution in [0.15, 0.2) is 28.8 Å². The summed E-state index contributed by atoms with van der Waals surface area (Å²) in [7, 11) is 2.09. The van der Waals surface area contributed by atoms with E-state index in [1.807, 2.05) is 0 Å². The van der Waals surface area contributed by atoms with Crippen molar-refractivity contribution >= 4 is 41.3 Å². The molecule has 1 N–H and O–H groups in total. The van der Waals surface area contributed by atoms with Gasteiger partial charge in [0.2, 0.25) is 0 Å². The fourth-order valence-electron chi connectivity index (χ4n) is 2.31. The first-order valence-corrected chi connectivity index (χ1v) is 9.01. The number of halogens is 1. The Morgan fingerprint density at radius 2 is 2.25 bits per heavy atom. The highest BCUT2D eigenvalue weighted by Gasteiger charge is 2.06. The molecule has 0 aliphatic heterocycles. The predicted octanol–water partition coefficient (Wildman–Crippen LogP) is 2.66. The summed E-state index contributed by atoms with van der Waals surface area (Å²) in [6.07, 6.45) is 3.72. The van der Waals surface area contributed by atoms with Crippen molar-refractivity contribution in [2.24, 2.45) is 4.99 Å². The maximum atomic E-state index is 4.72. The van der Waals surface area contributed by atoms with Gasteiger partial charge in [-0.05, 0) is 24.8 Å². The van der Waals surface area contributed by atoms with Crippen LogP contribution in [-0.2, 0) is 19.4 Å². The lowest BCUT2D eigenvalue weighted by Crippen LogP contribution is -2.40. The normalized spacial score (nSPS) is 11.2. The van der Waals surface area contributed by atoms with E-state index in [2.05, 4.69) is 63.4 Å². The van der Waals surface area contributed by atoms with Crippen molar-refractivity contribution in [3.8, 4) is 0 Å². The Labute approximate surface area is 165 Å². The first kappa shape index (κ1) is 20.9. The predicted molar refractivity (Wildman–Crippen MR) is 111 cm³/mol. The van der Waals surface area contributed by atoms with Crippen LogP contribution in [0.5, 0.6) is 0 Å². The maximum absolute atomic E-state index is 4.72. The number of likely N-dealkylation sites (N-methyl/N-ethyl adjacent to an activating group) is 1. The molecule has 0 radical (unpaired) electrons. The van der Waals surface area contributed by atoms with Crippen LogP contribution in [-0.4, -0.2) is 52.3 Å². The van der Waals surface area contributed by atoms with Crippen LogP contribution in [0.1, 0.15) is 24.5 Å². The SMILES string of the molecule is CCNC(=NCCn1cnnc1CC)N(C)CCc1cccs1.I. The van der Waals surface area contributed by atoms with Gasteiger partial charge >= 0.3 is 0 Å². The summed E-state index contributed by atoms with van der Waals surface area (Å²) >= 11 is 1.81. The van der Waals surface area contributed by atoms with Gasteiger partial charge in [0, 0.05) is 38.0 Å². The number of hydrogen-bond donors (Lipinski definition) is 1. The Balaban J connectivity index is 0.00000288. The van der Waals surface area contributed by atoms with Crippen LogP contribution in [0.3, 0.4) is 0 Å². The zero-order chi connectivity index (χ0) is 16.5. The molecule has 2 heterocycles. The molecule has 0 aromatic carbocycles. The monoisotopic (exact) mass is 462 g/mol. The summed E-state index contributed by atoms with van der Waals surface area (Å²) in [5, 5.41) is 13.5. The average Bonchev–Trinajstić information content (AvgIpc) is 3.23. The van der Waals surface area contributed by atoms with Gasteiger partial charge in [-0.25, -0.2) is 0 Å². The Hall–Kier alpha value is -1.16. The molecule has 2 aromatic rings. The molecule has 0 aliphatic rings. The second kappa shape index (κ2) is 11.4. The third-order valence-electron chi connectivity index (χ3n) is 3.58. The van der Waals surface area contributed by atoms with Crippen molar-refractivity contribution in [3.63, 3.8) is 0 Å². The van der Waals surface area contributed by atoms with E-state index in [4.69, 9.17) is 4.99 Å². The Morgan fingerprint density at radius 1 is 1.42 bits per heavy atom. The minimum absolute atomic E-state index is 0. The summed E-state index contributed by atoms with van der Waals surface area (Å²) in [5.74, 6) is 1.96. The lowest BCUT2D eigenvalue weighted by molar-refractivity contribution is 0.485. The zero-order valence-electron chi connectivity index (χ0n) is 14.6. The highest BCUT2D eigenvalue weighted by Crippen LogP contribution is 2.09. The molecule has 0 unspecified atom stereocenters. The zero-order valence-corrected chi connectivity index (χ0v) is 17.8. The molecule has 0 spiro atoms. The molecule has 0 saturated heterocycles. The molecule has 2 rings (SSSR count). The average molecular weight is 462 g/mol. The number of rotatable bonds is 8. The Morgan fingerprint density at radius 3 is 2.92 bits per heavy atom. The number of aryl methyl sites for hydroxylation is 1. The van der Waals surface area contributed by atoms with Crippen molar-refractivity contribution in [2.75, 3.05) is 26.7 Å². The molecule has 134 valence electrons. The fourth-order valence-corrected chi connectivity index (χ4v) is 3.01. The van der Waals surface area contributed by atoms with Gasteiger partial charge in [-0.15, -0.1) is 45.5 Å². The van der Waals surface area contributed by atoms with Crippen LogP contribution >= 0.6 is 35.3 Å². The van der Waals surface area contributed by atoms with Crippen molar-refractivity contribution in [1.29, 1.82) is 0 Å². The summed E-state index contributed by atoms with van der Waals surface area (Å²) in [5.41, 5.74) is 0. The van der Waals surface area contributed by atoms with Crippen LogP contribution in [0, 0.1) is 0 Å². The van der Waals surface area contributed by atoms with Crippen LogP contribution in [0.2, 0.25) is 0 Å². The van der Waals surface area contributed by atoms with Gasteiger partial charge in [0.1, 0.15) is 12.2 Å². The van der Waals surface area contributed by atoms with E-state index in [-0.39, 0.29) is 24.0 Å². The largest absolute Gasteiger partial charge is 0.357 e. The fraction of sp³-hybridized carbons (Fsp3) is 0.562. The Bertz CT molecular complexity index is 595. The quantitative estimate of drug-likeness (QED) is 0.373. The molecular formula is C16H27IN6S. The van der Waals surface area contributed by atoms with E-state index in [9.17, 15) is 0 Å². The van der Waals surface area contributed by atoms with E-state index in [1.54, 1.807) is 17.7 Å². The second-order valence-corrected chi connectivity index (χ2v) is 6.31. The van der Waals surface area contributed by atoms with Crippen molar-refractivity contribution in [3.05, 3.63) is 34.5 Å². The topological polar surface area (TPSA) is 58.3 Å². The summed E-state index contributed by atoms with van der Waals surface area (Å²) < 4.78 is 2.07. The highest BCUT2D eigenvalue weighted by molar-refractivity contribution is 14.0. The molecule has 0 bridgehead atoms. The molecule has 0 saturated carbocycles. The van der Waals surface area contributed by atoms with Crippen molar-refractivity contribution in [1.82, 2.24) is 25.0 Å². The third-order valence-corrected chi connectivity index (χ3v) is 4.52. The number of aromatic nitrogens is 3. The van der Waals surface area contributed by atoms with Gasteiger partial charge in [-0.3, -0.25) is 4.99 Å². The van der Waals surface area contributed by atoms with Crippen LogP contribution < -0.4 is 5.32 Å². The minimum atomic E-state index is 0. The van der Waals surface area contributed by atoms with Crippen LogP contribution in [0.4, 0.5) is 0 Å². The van der Waals surface area contributed by atoms with E-state index in [0.29, 0.717) is 0 Å². The molecule has 0 aliphatic carbocycles. The van der Waals surface area contributed by atoms with Gasteiger partial charge in [-0.1, -0.05) is 13.0 Å².